The molecular formula is C16H24N2. The van der Waals surface area contributed by atoms with Crippen LogP contribution < -0.4 is 11.1 Å². The van der Waals surface area contributed by atoms with Crippen LogP contribution in [-0.4, -0.2) is 13.1 Å². The molecule has 3 rings (SSSR count). The van der Waals surface area contributed by atoms with Crippen LogP contribution in [0.5, 0.6) is 0 Å². The maximum atomic E-state index is 5.75. The molecule has 2 heteroatoms. The van der Waals surface area contributed by atoms with Gasteiger partial charge in [-0.05, 0) is 49.4 Å². The van der Waals surface area contributed by atoms with Crippen molar-refractivity contribution < 1.29 is 0 Å². The van der Waals surface area contributed by atoms with Crippen LogP contribution in [-0.2, 0) is 5.41 Å². The van der Waals surface area contributed by atoms with Crippen molar-refractivity contribution in [3.63, 3.8) is 0 Å². The maximum Gasteiger partial charge on any atom is 0.0314 e. The van der Waals surface area contributed by atoms with Gasteiger partial charge in [0.05, 0.1) is 0 Å². The molecule has 2 nitrogen and oxygen atoms in total. The quantitative estimate of drug-likeness (QED) is 0.596. The number of nitrogens with one attached hydrogen (secondary N) is 1. The van der Waals surface area contributed by atoms with Crippen molar-refractivity contribution in [2.24, 2.45) is 5.92 Å². The van der Waals surface area contributed by atoms with Gasteiger partial charge in [-0.3, -0.25) is 0 Å². The molecule has 0 radical (unpaired) electrons. The van der Waals surface area contributed by atoms with Crippen molar-refractivity contribution in [1.82, 2.24) is 5.32 Å². The summed E-state index contributed by atoms with van der Waals surface area (Å²) >= 11 is 0. The molecule has 0 aromatic heterocycles. The molecule has 2 aliphatic rings. The molecule has 18 heavy (non-hydrogen) atoms. The smallest absolute Gasteiger partial charge is 0.0314 e. The van der Waals surface area contributed by atoms with Gasteiger partial charge in [-0.25, -0.2) is 0 Å². The van der Waals surface area contributed by atoms with Gasteiger partial charge in [0, 0.05) is 17.6 Å². The van der Waals surface area contributed by atoms with Gasteiger partial charge in [-0.1, -0.05) is 31.4 Å². The van der Waals surface area contributed by atoms with Crippen LogP contribution in [0.2, 0.25) is 0 Å². The minimum Gasteiger partial charge on any atom is -0.399 e. The number of hydrogen-bond donors (Lipinski definition) is 2. The summed E-state index contributed by atoms with van der Waals surface area (Å²) in [7, 11) is 0. The highest BCUT2D eigenvalue weighted by Crippen LogP contribution is 2.47. The zero-order chi connectivity index (χ0) is 12.4. The lowest BCUT2D eigenvalue weighted by molar-refractivity contribution is 0.291. The minimum atomic E-state index is 0.424. The van der Waals surface area contributed by atoms with E-state index in [-0.39, 0.29) is 0 Å². The number of benzene rings is 1. The van der Waals surface area contributed by atoms with Gasteiger partial charge in [-0.2, -0.15) is 0 Å². The highest BCUT2D eigenvalue weighted by Gasteiger charge is 2.43. The van der Waals surface area contributed by atoms with Crippen molar-refractivity contribution in [2.45, 2.75) is 43.9 Å². The Balaban J connectivity index is 1.47. The number of nitrogens with two attached hydrogens (primary N) is 1. The molecule has 2 aliphatic carbocycles. The first kappa shape index (κ1) is 12.0. The third kappa shape index (κ3) is 2.54. The lowest BCUT2D eigenvalue weighted by atomic mass is 9.83. The molecule has 2 fully saturated rings. The Morgan fingerprint density at radius 1 is 1.17 bits per heavy atom. The van der Waals surface area contributed by atoms with E-state index in [1.165, 1.54) is 50.6 Å². The molecule has 98 valence electrons. The molecule has 1 aromatic rings. The monoisotopic (exact) mass is 244 g/mol. The lowest BCUT2D eigenvalue weighted by Gasteiger charge is -2.26. The molecule has 0 atom stereocenters. The van der Waals surface area contributed by atoms with Gasteiger partial charge in [0.25, 0.3) is 0 Å². The Hall–Kier alpha value is -1.02. The molecule has 0 amide bonds. The summed E-state index contributed by atoms with van der Waals surface area (Å²) < 4.78 is 0. The van der Waals surface area contributed by atoms with E-state index >= 15 is 0 Å². The van der Waals surface area contributed by atoms with Crippen LogP contribution in [0, 0.1) is 5.92 Å². The number of rotatable bonds is 6. The average molecular weight is 244 g/mol. The molecule has 0 saturated heterocycles. The summed E-state index contributed by atoms with van der Waals surface area (Å²) in [5, 5.41) is 3.67. The molecule has 3 N–H and O–H groups in total. The molecule has 0 spiro atoms. The van der Waals surface area contributed by atoms with Crippen molar-refractivity contribution in [3.05, 3.63) is 29.8 Å². The standard InChI is InChI=1S/C16H24N2/c17-15-6-4-14(5-7-15)16(9-10-16)12-18-11-8-13-2-1-3-13/h4-7,13,18H,1-3,8-12,17H2. The molecule has 1 aromatic carbocycles. The molecule has 0 heterocycles. The summed E-state index contributed by atoms with van der Waals surface area (Å²) in [6, 6.07) is 8.47. The zero-order valence-corrected chi connectivity index (χ0v) is 11.1. The Kier molecular flexibility index (Phi) is 3.29. The summed E-state index contributed by atoms with van der Waals surface area (Å²) in [4.78, 5) is 0. The molecule has 0 bridgehead atoms. The normalized spacial score (nSPS) is 21.6. The van der Waals surface area contributed by atoms with Crippen LogP contribution in [0.3, 0.4) is 0 Å². The highest BCUT2D eigenvalue weighted by atomic mass is 14.9. The van der Waals surface area contributed by atoms with E-state index < -0.39 is 0 Å². The van der Waals surface area contributed by atoms with E-state index in [1.807, 2.05) is 12.1 Å². The van der Waals surface area contributed by atoms with Crippen LogP contribution >= 0.6 is 0 Å². The number of hydrogen-bond acceptors (Lipinski definition) is 2. The largest absolute Gasteiger partial charge is 0.399 e. The SMILES string of the molecule is Nc1ccc(C2(CNCCC3CCC3)CC2)cc1. The molecule has 2 saturated carbocycles. The predicted molar refractivity (Wildman–Crippen MR) is 76.6 cm³/mol. The topological polar surface area (TPSA) is 38.0 Å². The second kappa shape index (κ2) is 4.93. The van der Waals surface area contributed by atoms with Crippen LogP contribution in [0.4, 0.5) is 5.69 Å². The van der Waals surface area contributed by atoms with Gasteiger partial charge < -0.3 is 11.1 Å². The summed E-state index contributed by atoms with van der Waals surface area (Å²) in [6.07, 6.45) is 8.41. The van der Waals surface area contributed by atoms with Gasteiger partial charge in [0.2, 0.25) is 0 Å². The lowest BCUT2D eigenvalue weighted by Crippen LogP contribution is -2.29. The van der Waals surface area contributed by atoms with Gasteiger partial charge >= 0.3 is 0 Å². The highest BCUT2D eigenvalue weighted by molar-refractivity contribution is 5.43. The summed E-state index contributed by atoms with van der Waals surface area (Å²) in [5.41, 5.74) is 8.51. The van der Waals surface area contributed by atoms with Crippen molar-refractivity contribution >= 4 is 5.69 Å². The predicted octanol–water partition coefficient (Wildman–Crippen LogP) is 3.08. The van der Waals surface area contributed by atoms with E-state index in [0.717, 1.165) is 18.2 Å². The zero-order valence-electron chi connectivity index (χ0n) is 11.1. The number of nitrogen functional groups attached to an aromatic ring is 1. The Labute approximate surface area is 110 Å². The van der Waals surface area contributed by atoms with Crippen LogP contribution in [0.1, 0.15) is 44.1 Å². The fraction of sp³-hybridized carbons (Fsp3) is 0.625. The average Bonchev–Trinajstić information content (AvgIpc) is 3.08. The van der Waals surface area contributed by atoms with Gasteiger partial charge in [0.15, 0.2) is 0 Å². The second-order valence-electron chi connectivity index (χ2n) is 6.16. The van der Waals surface area contributed by atoms with Gasteiger partial charge in [-0.15, -0.1) is 0 Å². The third-order valence-corrected chi connectivity index (χ3v) is 4.79. The number of anilines is 1. The van der Waals surface area contributed by atoms with E-state index in [1.54, 1.807) is 0 Å². The molecular weight excluding hydrogens is 220 g/mol. The van der Waals surface area contributed by atoms with E-state index in [0.29, 0.717) is 5.41 Å². The molecule has 0 aliphatic heterocycles. The Bertz CT molecular complexity index is 388. The summed E-state index contributed by atoms with van der Waals surface area (Å²) in [6.45, 7) is 2.34. The Morgan fingerprint density at radius 2 is 1.89 bits per heavy atom. The van der Waals surface area contributed by atoms with E-state index in [4.69, 9.17) is 5.73 Å². The maximum absolute atomic E-state index is 5.75. The van der Waals surface area contributed by atoms with Crippen LogP contribution in [0.25, 0.3) is 0 Å². The second-order valence-corrected chi connectivity index (χ2v) is 6.16. The molecule has 0 unspecified atom stereocenters. The van der Waals surface area contributed by atoms with Crippen molar-refractivity contribution in [1.29, 1.82) is 0 Å². The fourth-order valence-corrected chi connectivity index (χ4v) is 2.97. The first-order valence-electron chi connectivity index (χ1n) is 7.35. The first-order valence-corrected chi connectivity index (χ1v) is 7.35. The third-order valence-electron chi connectivity index (χ3n) is 4.79. The minimum absolute atomic E-state index is 0.424. The van der Waals surface area contributed by atoms with Crippen LogP contribution in [0.15, 0.2) is 24.3 Å². The van der Waals surface area contributed by atoms with Gasteiger partial charge in [0.1, 0.15) is 0 Å². The van der Waals surface area contributed by atoms with Crippen molar-refractivity contribution in [3.8, 4) is 0 Å². The summed E-state index contributed by atoms with van der Waals surface area (Å²) in [5.74, 6) is 1.02. The van der Waals surface area contributed by atoms with E-state index in [2.05, 4.69) is 17.4 Å². The van der Waals surface area contributed by atoms with Crippen molar-refractivity contribution in [2.75, 3.05) is 18.8 Å². The Morgan fingerprint density at radius 3 is 2.44 bits per heavy atom. The fourth-order valence-electron chi connectivity index (χ4n) is 2.97. The van der Waals surface area contributed by atoms with E-state index in [9.17, 15) is 0 Å². The first-order chi connectivity index (χ1) is 8.78.